The van der Waals surface area contributed by atoms with Crippen LogP contribution in [0.1, 0.15) is 40.2 Å². The monoisotopic (exact) mass is 435 g/mol. The number of hydrogen-bond donors (Lipinski definition) is 1. The number of rotatable bonds is 6. The highest BCUT2D eigenvalue weighted by Crippen LogP contribution is 2.35. The van der Waals surface area contributed by atoms with Gasteiger partial charge in [-0.3, -0.25) is 4.98 Å². The summed E-state index contributed by atoms with van der Waals surface area (Å²) in [6.07, 6.45) is 6.62. The maximum absolute atomic E-state index is 12.0. The summed E-state index contributed by atoms with van der Waals surface area (Å²) in [5, 5.41) is 4.16. The molecule has 0 spiro atoms. The highest BCUT2D eigenvalue weighted by atomic mass is 35.5. The van der Waals surface area contributed by atoms with Crippen molar-refractivity contribution in [2.75, 3.05) is 30.9 Å². The van der Waals surface area contributed by atoms with Crippen LogP contribution in [0.3, 0.4) is 0 Å². The van der Waals surface area contributed by atoms with E-state index in [-0.39, 0.29) is 5.97 Å². The number of ether oxygens (including phenoxy) is 1. The molecule has 1 N–H and O–H groups in total. The van der Waals surface area contributed by atoms with Crippen molar-refractivity contribution in [3.05, 3.63) is 82.6 Å². The SMILES string of the molecule is COC(=O)c1ccncc1NC[C@@H]1CCCc2cc(N(C)c3ccc(Cl)cc3)ccc21. The minimum Gasteiger partial charge on any atom is -0.465 e. The largest absolute Gasteiger partial charge is 0.465 e. The Morgan fingerprint density at radius 2 is 1.97 bits per heavy atom. The van der Waals surface area contributed by atoms with Crippen LogP contribution in [-0.2, 0) is 11.2 Å². The molecule has 160 valence electrons. The lowest BCUT2D eigenvalue weighted by Crippen LogP contribution is -2.20. The Balaban J connectivity index is 1.51. The molecule has 31 heavy (non-hydrogen) atoms. The molecule has 1 atom stereocenters. The van der Waals surface area contributed by atoms with E-state index in [4.69, 9.17) is 16.3 Å². The first kappa shape index (κ1) is 21.2. The molecule has 0 radical (unpaired) electrons. The fourth-order valence-electron chi connectivity index (χ4n) is 4.19. The van der Waals surface area contributed by atoms with Gasteiger partial charge in [0.25, 0.3) is 0 Å². The maximum Gasteiger partial charge on any atom is 0.340 e. The van der Waals surface area contributed by atoms with Gasteiger partial charge in [-0.15, -0.1) is 0 Å². The first-order valence-corrected chi connectivity index (χ1v) is 10.8. The standard InChI is InChI=1S/C25H26ClN3O2/c1-29(20-8-6-19(26)7-9-20)21-10-11-22-17(14-21)4-3-5-18(22)15-28-24-16-27-13-12-23(24)25(30)31-2/h6-14,16,18,28H,3-5,15H2,1-2H3/t18-/m0/s1. The van der Waals surface area contributed by atoms with Crippen LogP contribution >= 0.6 is 11.6 Å². The highest BCUT2D eigenvalue weighted by molar-refractivity contribution is 6.30. The van der Waals surface area contributed by atoms with Crippen LogP contribution in [0.5, 0.6) is 0 Å². The number of halogens is 1. The van der Waals surface area contributed by atoms with Gasteiger partial charge in [0.1, 0.15) is 0 Å². The van der Waals surface area contributed by atoms with Crippen LogP contribution in [0, 0.1) is 0 Å². The number of aryl methyl sites for hydroxylation is 1. The van der Waals surface area contributed by atoms with E-state index < -0.39 is 0 Å². The van der Waals surface area contributed by atoms with E-state index in [1.807, 2.05) is 24.3 Å². The molecule has 0 saturated carbocycles. The summed E-state index contributed by atoms with van der Waals surface area (Å²) >= 11 is 6.03. The quantitative estimate of drug-likeness (QED) is 0.494. The van der Waals surface area contributed by atoms with Crippen molar-refractivity contribution in [2.45, 2.75) is 25.2 Å². The van der Waals surface area contributed by atoms with E-state index in [9.17, 15) is 4.79 Å². The van der Waals surface area contributed by atoms with E-state index in [0.29, 0.717) is 17.2 Å². The molecule has 0 fully saturated rings. The Labute approximate surface area is 188 Å². The van der Waals surface area contributed by atoms with Crippen LogP contribution in [0.15, 0.2) is 60.9 Å². The van der Waals surface area contributed by atoms with Crippen molar-refractivity contribution in [2.24, 2.45) is 0 Å². The Kier molecular flexibility index (Phi) is 6.42. The Morgan fingerprint density at radius 1 is 1.19 bits per heavy atom. The molecule has 1 aromatic heterocycles. The minimum absolute atomic E-state index is 0.358. The predicted octanol–water partition coefficient (Wildman–Crippen LogP) is 5.82. The zero-order chi connectivity index (χ0) is 21.8. The number of benzene rings is 2. The van der Waals surface area contributed by atoms with Gasteiger partial charge in [-0.2, -0.15) is 0 Å². The Morgan fingerprint density at radius 3 is 2.74 bits per heavy atom. The number of carbonyl (C=O) groups is 1. The third-order valence-electron chi connectivity index (χ3n) is 5.93. The Bertz CT molecular complexity index is 1070. The molecule has 3 aromatic rings. The molecule has 0 bridgehead atoms. The predicted molar refractivity (Wildman–Crippen MR) is 126 cm³/mol. The third kappa shape index (κ3) is 4.67. The van der Waals surface area contributed by atoms with Crippen molar-refractivity contribution in [1.29, 1.82) is 0 Å². The van der Waals surface area contributed by atoms with Gasteiger partial charge in [-0.1, -0.05) is 17.7 Å². The number of aromatic nitrogens is 1. The van der Waals surface area contributed by atoms with Crippen molar-refractivity contribution in [3.8, 4) is 0 Å². The smallest absolute Gasteiger partial charge is 0.340 e. The number of anilines is 3. The lowest BCUT2D eigenvalue weighted by Gasteiger charge is -2.28. The zero-order valence-electron chi connectivity index (χ0n) is 17.8. The molecule has 4 rings (SSSR count). The summed E-state index contributed by atoms with van der Waals surface area (Å²) in [7, 11) is 3.46. The van der Waals surface area contributed by atoms with Crippen LogP contribution < -0.4 is 10.2 Å². The van der Waals surface area contributed by atoms with Crippen LogP contribution in [0.25, 0.3) is 0 Å². The van der Waals surface area contributed by atoms with Gasteiger partial charge in [-0.25, -0.2) is 4.79 Å². The average molecular weight is 436 g/mol. The summed E-state index contributed by atoms with van der Waals surface area (Å²) in [5.74, 6) is 0.0214. The van der Waals surface area contributed by atoms with E-state index in [1.54, 1.807) is 18.5 Å². The molecule has 0 unspecified atom stereocenters. The first-order chi connectivity index (χ1) is 15.1. The number of hydrogen-bond acceptors (Lipinski definition) is 5. The molecule has 6 heteroatoms. The molecule has 1 heterocycles. The van der Waals surface area contributed by atoms with Crippen LogP contribution in [0.2, 0.25) is 5.02 Å². The Hall–Kier alpha value is -3.05. The zero-order valence-corrected chi connectivity index (χ0v) is 18.5. The van der Waals surface area contributed by atoms with Crippen LogP contribution in [-0.4, -0.2) is 31.7 Å². The second kappa shape index (κ2) is 9.40. The molecule has 2 aromatic carbocycles. The number of nitrogens with one attached hydrogen (secondary N) is 1. The average Bonchev–Trinajstić information content (AvgIpc) is 2.82. The topological polar surface area (TPSA) is 54.5 Å². The van der Waals surface area contributed by atoms with Crippen molar-refractivity contribution in [1.82, 2.24) is 4.98 Å². The highest BCUT2D eigenvalue weighted by Gasteiger charge is 2.22. The summed E-state index contributed by atoms with van der Waals surface area (Å²) in [6.45, 7) is 0.745. The lowest BCUT2D eigenvalue weighted by molar-refractivity contribution is 0.0601. The normalized spacial score (nSPS) is 15.1. The number of methoxy groups -OCH3 is 1. The van der Waals surface area contributed by atoms with E-state index in [0.717, 1.165) is 42.2 Å². The summed E-state index contributed by atoms with van der Waals surface area (Å²) in [5.41, 5.74) is 6.24. The number of pyridine rings is 1. The second-order valence-electron chi connectivity index (χ2n) is 7.80. The molecule has 1 aliphatic rings. The van der Waals surface area contributed by atoms with Crippen molar-refractivity contribution < 1.29 is 9.53 Å². The second-order valence-corrected chi connectivity index (χ2v) is 8.24. The van der Waals surface area contributed by atoms with E-state index in [1.165, 1.54) is 18.2 Å². The van der Waals surface area contributed by atoms with E-state index in [2.05, 4.69) is 40.4 Å². The first-order valence-electron chi connectivity index (χ1n) is 10.4. The van der Waals surface area contributed by atoms with Crippen LogP contribution in [0.4, 0.5) is 17.1 Å². The van der Waals surface area contributed by atoms with Gasteiger partial charge in [0.2, 0.25) is 0 Å². The molecule has 0 amide bonds. The van der Waals surface area contributed by atoms with Gasteiger partial charge in [0, 0.05) is 42.1 Å². The molecule has 5 nitrogen and oxygen atoms in total. The molecule has 0 saturated heterocycles. The lowest BCUT2D eigenvalue weighted by atomic mass is 9.82. The molecule has 1 aliphatic carbocycles. The minimum atomic E-state index is -0.358. The van der Waals surface area contributed by atoms with Gasteiger partial charge in [-0.05, 0) is 72.9 Å². The van der Waals surface area contributed by atoms with Crippen molar-refractivity contribution in [3.63, 3.8) is 0 Å². The molecular weight excluding hydrogens is 410 g/mol. The molecule has 0 aliphatic heterocycles. The number of fused-ring (bicyclic) bond motifs is 1. The van der Waals surface area contributed by atoms with Gasteiger partial charge in [0.05, 0.1) is 24.6 Å². The fraction of sp³-hybridized carbons (Fsp3) is 0.280. The van der Waals surface area contributed by atoms with Gasteiger partial charge in [0.15, 0.2) is 0 Å². The number of nitrogens with zero attached hydrogens (tertiary/aromatic N) is 2. The van der Waals surface area contributed by atoms with Crippen molar-refractivity contribution >= 4 is 34.6 Å². The van der Waals surface area contributed by atoms with E-state index >= 15 is 0 Å². The maximum atomic E-state index is 12.0. The summed E-state index contributed by atoms with van der Waals surface area (Å²) in [6, 6.07) is 16.3. The fourth-order valence-corrected chi connectivity index (χ4v) is 4.32. The summed E-state index contributed by atoms with van der Waals surface area (Å²) < 4.78 is 4.88. The van der Waals surface area contributed by atoms with Gasteiger partial charge >= 0.3 is 5.97 Å². The third-order valence-corrected chi connectivity index (χ3v) is 6.18. The summed E-state index contributed by atoms with van der Waals surface area (Å²) in [4.78, 5) is 18.3. The van der Waals surface area contributed by atoms with Gasteiger partial charge < -0.3 is 15.0 Å². The molecular formula is C25H26ClN3O2. The number of carbonyl (C=O) groups excluding carboxylic acids is 1. The number of esters is 1.